The summed E-state index contributed by atoms with van der Waals surface area (Å²) in [4.78, 5) is 12.4. The second kappa shape index (κ2) is 7.23. The lowest BCUT2D eigenvalue weighted by Gasteiger charge is -2.26. The molecule has 7 heteroatoms. The third kappa shape index (κ3) is 4.17. The SMILES string of the molecule is CCC(O)(C(=O)NCc1cc(C(F)(F)F)ccc1F)c1ccccc1. The molecule has 2 rings (SSSR count). The Morgan fingerprint density at radius 1 is 1.08 bits per heavy atom. The van der Waals surface area contributed by atoms with Crippen molar-refractivity contribution in [1.29, 1.82) is 0 Å². The quantitative estimate of drug-likeness (QED) is 0.803. The molecule has 0 spiro atoms. The van der Waals surface area contributed by atoms with E-state index in [0.29, 0.717) is 23.8 Å². The van der Waals surface area contributed by atoms with E-state index in [2.05, 4.69) is 5.32 Å². The molecule has 0 fully saturated rings. The monoisotopic (exact) mass is 355 g/mol. The lowest BCUT2D eigenvalue weighted by atomic mass is 9.90. The molecule has 2 aromatic carbocycles. The predicted octanol–water partition coefficient (Wildman–Crippen LogP) is 3.76. The van der Waals surface area contributed by atoms with E-state index in [1.165, 1.54) is 0 Å². The van der Waals surface area contributed by atoms with E-state index in [1.54, 1.807) is 37.3 Å². The van der Waals surface area contributed by atoms with E-state index in [4.69, 9.17) is 0 Å². The number of aliphatic hydroxyl groups is 1. The zero-order valence-corrected chi connectivity index (χ0v) is 13.4. The molecule has 0 saturated carbocycles. The fourth-order valence-electron chi connectivity index (χ4n) is 2.42. The molecule has 1 unspecified atom stereocenters. The average Bonchev–Trinajstić information content (AvgIpc) is 2.59. The largest absolute Gasteiger partial charge is 0.416 e. The highest BCUT2D eigenvalue weighted by Crippen LogP contribution is 2.30. The Labute approximate surface area is 142 Å². The van der Waals surface area contributed by atoms with E-state index in [0.717, 1.165) is 0 Å². The van der Waals surface area contributed by atoms with Crippen molar-refractivity contribution in [1.82, 2.24) is 5.32 Å². The molecule has 0 aliphatic heterocycles. The van der Waals surface area contributed by atoms with Crippen molar-refractivity contribution in [2.75, 3.05) is 0 Å². The Bertz CT molecular complexity index is 746. The molecule has 0 saturated heterocycles. The van der Waals surface area contributed by atoms with Gasteiger partial charge in [0.15, 0.2) is 5.60 Å². The van der Waals surface area contributed by atoms with Gasteiger partial charge < -0.3 is 10.4 Å². The summed E-state index contributed by atoms with van der Waals surface area (Å²) in [6.45, 7) is 1.13. The zero-order chi connectivity index (χ0) is 18.7. The first-order valence-corrected chi connectivity index (χ1v) is 7.60. The van der Waals surface area contributed by atoms with Crippen LogP contribution in [0.3, 0.4) is 0 Å². The van der Waals surface area contributed by atoms with Gasteiger partial charge in [0, 0.05) is 12.1 Å². The van der Waals surface area contributed by atoms with Crippen LogP contribution in [0, 0.1) is 5.82 Å². The Kier molecular flexibility index (Phi) is 5.47. The summed E-state index contributed by atoms with van der Waals surface area (Å²) in [5, 5.41) is 12.9. The molecule has 0 aliphatic rings. The van der Waals surface area contributed by atoms with Gasteiger partial charge in [-0.2, -0.15) is 13.2 Å². The van der Waals surface area contributed by atoms with Crippen molar-refractivity contribution < 1.29 is 27.5 Å². The number of hydrogen-bond acceptors (Lipinski definition) is 2. The van der Waals surface area contributed by atoms with Gasteiger partial charge in [-0.25, -0.2) is 4.39 Å². The fraction of sp³-hybridized carbons (Fsp3) is 0.278. The number of hydrogen-bond donors (Lipinski definition) is 2. The summed E-state index contributed by atoms with van der Waals surface area (Å²) in [5.74, 6) is -1.67. The van der Waals surface area contributed by atoms with Gasteiger partial charge in [0.1, 0.15) is 5.82 Å². The summed E-state index contributed by atoms with van der Waals surface area (Å²) < 4.78 is 51.9. The molecule has 25 heavy (non-hydrogen) atoms. The lowest BCUT2D eigenvalue weighted by Crippen LogP contribution is -2.43. The number of carbonyl (C=O) groups excluding carboxylic acids is 1. The minimum absolute atomic E-state index is 0.0495. The molecular weight excluding hydrogens is 338 g/mol. The van der Waals surface area contributed by atoms with E-state index in [-0.39, 0.29) is 12.0 Å². The maximum atomic E-state index is 13.7. The summed E-state index contributed by atoms with van der Waals surface area (Å²) >= 11 is 0. The third-order valence-electron chi connectivity index (χ3n) is 3.95. The second-order valence-corrected chi connectivity index (χ2v) is 5.57. The van der Waals surface area contributed by atoms with Gasteiger partial charge >= 0.3 is 6.18 Å². The van der Waals surface area contributed by atoms with E-state index < -0.39 is 35.6 Å². The Balaban J connectivity index is 2.19. The summed E-state index contributed by atoms with van der Waals surface area (Å²) in [5.41, 5.74) is -2.82. The summed E-state index contributed by atoms with van der Waals surface area (Å²) in [6, 6.07) is 10.1. The molecular formula is C18H17F4NO2. The van der Waals surface area contributed by atoms with E-state index >= 15 is 0 Å². The Morgan fingerprint density at radius 3 is 2.28 bits per heavy atom. The second-order valence-electron chi connectivity index (χ2n) is 5.57. The summed E-state index contributed by atoms with van der Waals surface area (Å²) in [6.07, 6.45) is -4.56. The maximum absolute atomic E-state index is 13.7. The van der Waals surface area contributed by atoms with E-state index in [1.807, 2.05) is 0 Å². The van der Waals surface area contributed by atoms with Gasteiger partial charge in [-0.05, 0) is 30.2 Å². The molecule has 1 atom stereocenters. The predicted molar refractivity (Wildman–Crippen MR) is 83.9 cm³/mol. The molecule has 2 N–H and O–H groups in total. The highest BCUT2D eigenvalue weighted by molar-refractivity contribution is 5.86. The highest BCUT2D eigenvalue weighted by atomic mass is 19.4. The van der Waals surface area contributed by atoms with Crippen LogP contribution in [0.5, 0.6) is 0 Å². The number of halogens is 4. The zero-order valence-electron chi connectivity index (χ0n) is 13.4. The molecule has 0 bridgehead atoms. The van der Waals surface area contributed by atoms with Crippen molar-refractivity contribution >= 4 is 5.91 Å². The number of alkyl halides is 3. The van der Waals surface area contributed by atoms with Crippen LogP contribution in [0.4, 0.5) is 17.6 Å². The number of amides is 1. The van der Waals surface area contributed by atoms with Gasteiger partial charge in [-0.15, -0.1) is 0 Å². The minimum atomic E-state index is -4.61. The highest BCUT2D eigenvalue weighted by Gasteiger charge is 2.36. The molecule has 0 aliphatic carbocycles. The lowest BCUT2D eigenvalue weighted by molar-refractivity contribution is -0.141. The average molecular weight is 355 g/mol. The molecule has 0 heterocycles. The van der Waals surface area contributed by atoms with Crippen LogP contribution in [-0.4, -0.2) is 11.0 Å². The molecule has 134 valence electrons. The molecule has 1 amide bonds. The number of nitrogens with one attached hydrogen (secondary N) is 1. The van der Waals surface area contributed by atoms with Gasteiger partial charge in [-0.1, -0.05) is 37.3 Å². The minimum Gasteiger partial charge on any atom is -0.375 e. The van der Waals surface area contributed by atoms with Crippen LogP contribution in [-0.2, 0) is 23.1 Å². The number of benzene rings is 2. The van der Waals surface area contributed by atoms with Crippen molar-refractivity contribution in [3.8, 4) is 0 Å². The smallest absolute Gasteiger partial charge is 0.375 e. The maximum Gasteiger partial charge on any atom is 0.416 e. The first-order chi connectivity index (χ1) is 11.7. The molecule has 2 aromatic rings. The first-order valence-electron chi connectivity index (χ1n) is 7.60. The Hall–Kier alpha value is -2.41. The van der Waals surface area contributed by atoms with Crippen LogP contribution in [0.15, 0.2) is 48.5 Å². The van der Waals surface area contributed by atoms with E-state index in [9.17, 15) is 27.5 Å². The molecule has 3 nitrogen and oxygen atoms in total. The fourth-order valence-corrected chi connectivity index (χ4v) is 2.42. The van der Waals surface area contributed by atoms with Gasteiger partial charge in [0.25, 0.3) is 5.91 Å². The van der Waals surface area contributed by atoms with Crippen molar-refractivity contribution in [3.63, 3.8) is 0 Å². The first kappa shape index (κ1) is 18.9. The molecule has 0 radical (unpaired) electrons. The standard InChI is InChI=1S/C18H17F4NO2/c1-2-17(25,13-6-4-3-5-7-13)16(24)23-11-12-10-14(18(20,21)22)8-9-15(12)19/h3-10,25H,2,11H2,1H3,(H,23,24). The van der Waals surface area contributed by atoms with Crippen molar-refractivity contribution in [2.24, 2.45) is 0 Å². The number of rotatable bonds is 5. The van der Waals surface area contributed by atoms with Crippen LogP contribution < -0.4 is 5.32 Å². The Morgan fingerprint density at radius 2 is 1.72 bits per heavy atom. The topological polar surface area (TPSA) is 49.3 Å². The van der Waals surface area contributed by atoms with Crippen molar-refractivity contribution in [2.45, 2.75) is 31.7 Å². The third-order valence-corrected chi connectivity index (χ3v) is 3.95. The van der Waals surface area contributed by atoms with Crippen LogP contribution >= 0.6 is 0 Å². The molecule has 0 aromatic heterocycles. The number of carbonyl (C=O) groups is 1. The van der Waals surface area contributed by atoms with Gasteiger partial charge in [-0.3, -0.25) is 4.79 Å². The summed E-state index contributed by atoms with van der Waals surface area (Å²) in [7, 11) is 0. The normalized spacial score (nSPS) is 14.0. The van der Waals surface area contributed by atoms with Crippen LogP contribution in [0.2, 0.25) is 0 Å². The van der Waals surface area contributed by atoms with Crippen LogP contribution in [0.1, 0.15) is 30.0 Å². The van der Waals surface area contributed by atoms with Gasteiger partial charge in [0.05, 0.1) is 5.56 Å². The van der Waals surface area contributed by atoms with Gasteiger partial charge in [0.2, 0.25) is 0 Å². The van der Waals surface area contributed by atoms with Crippen molar-refractivity contribution in [3.05, 3.63) is 71.0 Å². The van der Waals surface area contributed by atoms with Crippen LogP contribution in [0.25, 0.3) is 0 Å².